The standard InChI is InChI=1S/C11H21N3O/c1-5-14-8-10(12-13-14)9-15-7-6-11(2,3)4/h8H,5-7,9H2,1-4H3. The summed E-state index contributed by atoms with van der Waals surface area (Å²) in [5.74, 6) is 0. The van der Waals surface area contributed by atoms with Crippen molar-refractivity contribution in [3.63, 3.8) is 0 Å². The van der Waals surface area contributed by atoms with Crippen LogP contribution in [0.25, 0.3) is 0 Å². The third-order valence-corrected chi connectivity index (χ3v) is 2.16. The number of hydrogen-bond donors (Lipinski definition) is 0. The van der Waals surface area contributed by atoms with E-state index in [1.807, 2.05) is 17.8 Å². The molecule has 0 aliphatic heterocycles. The first-order valence-corrected chi connectivity index (χ1v) is 5.48. The van der Waals surface area contributed by atoms with Crippen molar-refractivity contribution in [3.05, 3.63) is 11.9 Å². The van der Waals surface area contributed by atoms with Crippen molar-refractivity contribution in [2.45, 2.75) is 47.3 Å². The van der Waals surface area contributed by atoms with Crippen LogP contribution < -0.4 is 0 Å². The summed E-state index contributed by atoms with van der Waals surface area (Å²) in [5.41, 5.74) is 1.24. The van der Waals surface area contributed by atoms with Crippen molar-refractivity contribution in [1.82, 2.24) is 15.0 Å². The minimum absolute atomic E-state index is 0.334. The van der Waals surface area contributed by atoms with E-state index >= 15 is 0 Å². The minimum atomic E-state index is 0.334. The first-order chi connectivity index (χ1) is 7.01. The van der Waals surface area contributed by atoms with E-state index in [0.717, 1.165) is 25.3 Å². The lowest BCUT2D eigenvalue weighted by atomic mass is 9.93. The van der Waals surface area contributed by atoms with Crippen LogP contribution in [-0.2, 0) is 17.9 Å². The van der Waals surface area contributed by atoms with Gasteiger partial charge in [-0.3, -0.25) is 4.68 Å². The maximum atomic E-state index is 5.54. The molecular formula is C11H21N3O. The highest BCUT2D eigenvalue weighted by molar-refractivity contribution is 4.89. The second-order valence-electron chi connectivity index (χ2n) is 4.93. The van der Waals surface area contributed by atoms with Crippen LogP contribution in [0.1, 0.15) is 39.8 Å². The fourth-order valence-corrected chi connectivity index (χ4v) is 1.11. The van der Waals surface area contributed by atoms with Crippen molar-refractivity contribution in [3.8, 4) is 0 Å². The average Bonchev–Trinajstić information content (AvgIpc) is 2.59. The van der Waals surface area contributed by atoms with Gasteiger partial charge in [-0.15, -0.1) is 5.10 Å². The largest absolute Gasteiger partial charge is 0.375 e. The van der Waals surface area contributed by atoms with Gasteiger partial charge < -0.3 is 4.74 Å². The molecule has 0 aliphatic carbocycles. The highest BCUT2D eigenvalue weighted by atomic mass is 16.5. The molecule has 0 fully saturated rings. The van der Waals surface area contributed by atoms with Gasteiger partial charge in [-0.05, 0) is 18.8 Å². The van der Waals surface area contributed by atoms with Crippen LogP contribution >= 0.6 is 0 Å². The first kappa shape index (κ1) is 12.2. The Hall–Kier alpha value is -0.900. The summed E-state index contributed by atoms with van der Waals surface area (Å²) < 4.78 is 7.35. The number of ether oxygens (including phenoxy) is 1. The lowest BCUT2D eigenvalue weighted by Gasteiger charge is -2.17. The zero-order valence-corrected chi connectivity index (χ0v) is 10.2. The molecule has 0 aliphatic rings. The van der Waals surface area contributed by atoms with Crippen molar-refractivity contribution in [1.29, 1.82) is 0 Å². The van der Waals surface area contributed by atoms with E-state index in [4.69, 9.17) is 4.74 Å². The molecule has 86 valence electrons. The molecule has 0 spiro atoms. The number of nitrogens with zero attached hydrogens (tertiary/aromatic N) is 3. The minimum Gasteiger partial charge on any atom is -0.375 e. The third-order valence-electron chi connectivity index (χ3n) is 2.16. The van der Waals surface area contributed by atoms with Crippen LogP contribution in [0.3, 0.4) is 0 Å². The molecule has 1 aromatic rings. The van der Waals surface area contributed by atoms with Crippen molar-refractivity contribution >= 4 is 0 Å². The van der Waals surface area contributed by atoms with Crippen molar-refractivity contribution in [2.24, 2.45) is 5.41 Å². The molecular weight excluding hydrogens is 190 g/mol. The Morgan fingerprint density at radius 3 is 2.67 bits per heavy atom. The molecule has 4 heteroatoms. The Morgan fingerprint density at radius 1 is 1.40 bits per heavy atom. The van der Waals surface area contributed by atoms with Crippen LogP contribution in [-0.4, -0.2) is 21.6 Å². The second-order valence-corrected chi connectivity index (χ2v) is 4.93. The van der Waals surface area contributed by atoms with Gasteiger partial charge in [0.25, 0.3) is 0 Å². The van der Waals surface area contributed by atoms with Crippen LogP contribution in [0.2, 0.25) is 0 Å². The Morgan fingerprint density at radius 2 is 2.13 bits per heavy atom. The summed E-state index contributed by atoms with van der Waals surface area (Å²) in [7, 11) is 0. The molecule has 1 heterocycles. The van der Waals surface area contributed by atoms with E-state index in [-0.39, 0.29) is 0 Å². The maximum absolute atomic E-state index is 5.54. The van der Waals surface area contributed by atoms with E-state index in [9.17, 15) is 0 Å². The molecule has 0 unspecified atom stereocenters. The van der Waals surface area contributed by atoms with E-state index in [2.05, 4.69) is 31.1 Å². The number of rotatable bonds is 5. The molecule has 0 saturated heterocycles. The molecule has 4 nitrogen and oxygen atoms in total. The van der Waals surface area contributed by atoms with E-state index < -0.39 is 0 Å². The maximum Gasteiger partial charge on any atom is 0.108 e. The van der Waals surface area contributed by atoms with Crippen molar-refractivity contribution in [2.75, 3.05) is 6.61 Å². The van der Waals surface area contributed by atoms with Gasteiger partial charge in [-0.1, -0.05) is 26.0 Å². The van der Waals surface area contributed by atoms with Gasteiger partial charge in [0.05, 0.1) is 12.8 Å². The summed E-state index contributed by atoms with van der Waals surface area (Å²) in [5, 5.41) is 7.96. The summed E-state index contributed by atoms with van der Waals surface area (Å²) in [6.07, 6.45) is 2.99. The number of aromatic nitrogens is 3. The van der Waals surface area contributed by atoms with Crippen molar-refractivity contribution < 1.29 is 4.74 Å². The second kappa shape index (κ2) is 5.26. The van der Waals surface area contributed by atoms with E-state index in [1.165, 1.54) is 0 Å². The molecule has 0 N–H and O–H groups in total. The zero-order valence-electron chi connectivity index (χ0n) is 10.2. The smallest absolute Gasteiger partial charge is 0.108 e. The number of aryl methyl sites for hydroxylation is 1. The molecule has 1 aromatic heterocycles. The molecule has 0 radical (unpaired) electrons. The Balaban J connectivity index is 2.20. The van der Waals surface area contributed by atoms with Crippen LogP contribution in [0.4, 0.5) is 0 Å². The summed E-state index contributed by atoms with van der Waals surface area (Å²) in [4.78, 5) is 0. The van der Waals surface area contributed by atoms with E-state index in [0.29, 0.717) is 12.0 Å². The lowest BCUT2D eigenvalue weighted by Crippen LogP contribution is -2.09. The predicted molar refractivity (Wildman–Crippen MR) is 59.4 cm³/mol. The van der Waals surface area contributed by atoms with Gasteiger partial charge in [-0.2, -0.15) is 0 Å². The highest BCUT2D eigenvalue weighted by Crippen LogP contribution is 2.18. The summed E-state index contributed by atoms with van der Waals surface area (Å²) in [6.45, 7) is 10.9. The molecule has 1 rings (SSSR count). The average molecular weight is 211 g/mol. The third kappa shape index (κ3) is 4.93. The van der Waals surface area contributed by atoms with Gasteiger partial charge in [0.1, 0.15) is 5.69 Å². The Labute approximate surface area is 91.6 Å². The fourth-order valence-electron chi connectivity index (χ4n) is 1.11. The first-order valence-electron chi connectivity index (χ1n) is 5.48. The highest BCUT2D eigenvalue weighted by Gasteiger charge is 2.09. The monoisotopic (exact) mass is 211 g/mol. The molecule has 0 saturated carbocycles. The van der Waals surface area contributed by atoms with Gasteiger partial charge in [0.2, 0.25) is 0 Å². The van der Waals surface area contributed by atoms with Gasteiger partial charge in [-0.25, -0.2) is 0 Å². The Bertz CT molecular complexity index is 288. The van der Waals surface area contributed by atoms with Gasteiger partial charge in [0, 0.05) is 13.2 Å². The van der Waals surface area contributed by atoms with E-state index in [1.54, 1.807) is 0 Å². The molecule has 0 bridgehead atoms. The topological polar surface area (TPSA) is 39.9 Å². The lowest BCUT2D eigenvalue weighted by molar-refractivity contribution is 0.0940. The zero-order chi connectivity index (χ0) is 11.3. The predicted octanol–water partition coefficient (Wildman–Crippen LogP) is 2.25. The summed E-state index contributed by atoms with van der Waals surface area (Å²) >= 11 is 0. The van der Waals surface area contributed by atoms with Gasteiger partial charge >= 0.3 is 0 Å². The summed E-state index contributed by atoms with van der Waals surface area (Å²) in [6, 6.07) is 0. The van der Waals surface area contributed by atoms with Crippen LogP contribution in [0.15, 0.2) is 6.20 Å². The Kier molecular flexibility index (Phi) is 4.27. The molecule has 15 heavy (non-hydrogen) atoms. The fraction of sp³-hybridized carbons (Fsp3) is 0.818. The quantitative estimate of drug-likeness (QED) is 0.701. The normalized spacial score (nSPS) is 12.0. The molecule has 0 aromatic carbocycles. The number of hydrogen-bond acceptors (Lipinski definition) is 3. The SMILES string of the molecule is CCn1cc(COCCC(C)(C)C)nn1. The molecule has 0 amide bonds. The molecule has 0 atom stereocenters. The van der Waals surface area contributed by atoms with Crippen LogP contribution in [0.5, 0.6) is 0 Å². The van der Waals surface area contributed by atoms with Gasteiger partial charge in [0.15, 0.2) is 0 Å². The van der Waals surface area contributed by atoms with Crippen LogP contribution in [0, 0.1) is 5.41 Å².